The number of nitrogen functional groups attached to an aromatic ring is 1. The first-order valence-corrected chi connectivity index (χ1v) is 3.65. The summed E-state index contributed by atoms with van der Waals surface area (Å²) >= 11 is 0. The summed E-state index contributed by atoms with van der Waals surface area (Å²) in [7, 11) is 0. The molecule has 2 aromatic rings. The molecule has 0 aliphatic heterocycles. The van der Waals surface area contributed by atoms with E-state index >= 15 is 0 Å². The van der Waals surface area contributed by atoms with E-state index in [0.29, 0.717) is 11.2 Å². The van der Waals surface area contributed by atoms with Crippen molar-refractivity contribution in [3.05, 3.63) is 30.4 Å². The van der Waals surface area contributed by atoms with E-state index in [1.807, 2.05) is 0 Å². The quantitative estimate of drug-likeness (QED) is 0.668. The Balaban J connectivity index is 2.83. The molecule has 2 aromatic heterocycles. The Labute approximate surface area is 73.4 Å². The van der Waals surface area contributed by atoms with E-state index in [-0.39, 0.29) is 5.82 Å². The molecular weight excluding hydrogens is 170 g/mol. The van der Waals surface area contributed by atoms with Gasteiger partial charge in [0.1, 0.15) is 0 Å². The van der Waals surface area contributed by atoms with Gasteiger partial charge in [-0.3, -0.25) is 4.40 Å². The summed E-state index contributed by atoms with van der Waals surface area (Å²) in [6, 6.07) is 3.37. The Morgan fingerprint density at radius 2 is 2.38 bits per heavy atom. The normalized spacial score (nSPS) is 10.5. The largest absolute Gasteiger partial charge is 0.475 e. The molecule has 5 nitrogen and oxygen atoms in total. The van der Waals surface area contributed by atoms with Crippen molar-refractivity contribution >= 4 is 17.2 Å². The van der Waals surface area contributed by atoms with Crippen molar-refractivity contribution in [1.82, 2.24) is 9.38 Å². The van der Waals surface area contributed by atoms with Crippen LogP contribution in [0.2, 0.25) is 0 Å². The van der Waals surface area contributed by atoms with Gasteiger partial charge in [-0.1, -0.05) is 0 Å². The third-order valence-electron chi connectivity index (χ3n) is 1.79. The molecule has 0 amide bonds. The van der Waals surface area contributed by atoms with Crippen molar-refractivity contribution in [3.63, 3.8) is 0 Å². The molecule has 3 N–H and O–H groups in total. The summed E-state index contributed by atoms with van der Waals surface area (Å²) in [5.74, 6) is -1.09. The molecule has 2 heterocycles. The van der Waals surface area contributed by atoms with Crippen LogP contribution in [0.25, 0.3) is 5.52 Å². The maximum Gasteiger partial charge on any atom is 0.372 e. The average molecular weight is 177 g/mol. The van der Waals surface area contributed by atoms with Gasteiger partial charge in [-0.2, -0.15) is 0 Å². The predicted molar refractivity (Wildman–Crippen MR) is 46.6 cm³/mol. The maximum absolute atomic E-state index is 10.7. The number of carbonyl (C=O) groups is 1. The van der Waals surface area contributed by atoms with E-state index in [9.17, 15) is 4.79 Å². The fourth-order valence-corrected chi connectivity index (χ4v) is 1.20. The van der Waals surface area contributed by atoms with Crippen LogP contribution in [-0.4, -0.2) is 20.5 Å². The maximum atomic E-state index is 10.7. The first kappa shape index (κ1) is 7.60. The molecule has 0 saturated carbocycles. The number of aromatic nitrogens is 2. The molecular formula is C8H7N3O2. The lowest BCUT2D eigenvalue weighted by Crippen LogP contribution is -2.03. The third-order valence-corrected chi connectivity index (χ3v) is 1.79. The molecule has 0 aromatic carbocycles. The van der Waals surface area contributed by atoms with E-state index in [1.165, 1.54) is 10.6 Å². The first-order valence-electron chi connectivity index (χ1n) is 3.65. The van der Waals surface area contributed by atoms with Gasteiger partial charge in [-0.25, -0.2) is 9.78 Å². The number of aromatic carboxylic acids is 1. The highest BCUT2D eigenvalue weighted by atomic mass is 16.4. The van der Waals surface area contributed by atoms with Crippen LogP contribution in [-0.2, 0) is 0 Å². The highest BCUT2D eigenvalue weighted by Gasteiger charge is 2.11. The Morgan fingerprint density at radius 1 is 1.62 bits per heavy atom. The van der Waals surface area contributed by atoms with E-state index in [2.05, 4.69) is 4.98 Å². The average Bonchev–Trinajstić information content (AvgIpc) is 2.48. The summed E-state index contributed by atoms with van der Waals surface area (Å²) in [5.41, 5.74) is 6.74. The number of nitrogens with zero attached hydrogens (tertiary/aromatic N) is 2. The smallest absolute Gasteiger partial charge is 0.372 e. The van der Waals surface area contributed by atoms with Crippen LogP contribution in [0.3, 0.4) is 0 Å². The second-order valence-electron chi connectivity index (χ2n) is 2.61. The van der Waals surface area contributed by atoms with E-state index in [4.69, 9.17) is 10.8 Å². The molecule has 0 aliphatic rings. The first-order chi connectivity index (χ1) is 6.20. The second-order valence-corrected chi connectivity index (χ2v) is 2.61. The zero-order chi connectivity index (χ0) is 9.42. The van der Waals surface area contributed by atoms with Crippen LogP contribution in [0.5, 0.6) is 0 Å². The van der Waals surface area contributed by atoms with Crippen molar-refractivity contribution in [1.29, 1.82) is 0 Å². The molecule has 0 radical (unpaired) electrons. The lowest BCUT2D eigenvalue weighted by atomic mass is 10.3. The summed E-state index contributed by atoms with van der Waals surface area (Å²) in [4.78, 5) is 14.4. The monoisotopic (exact) mass is 177 g/mol. The fraction of sp³-hybridized carbons (Fsp3) is 0. The zero-order valence-corrected chi connectivity index (χ0v) is 6.64. The number of hydrogen-bond acceptors (Lipinski definition) is 3. The van der Waals surface area contributed by atoms with Gasteiger partial charge in [0.05, 0.1) is 17.4 Å². The summed E-state index contributed by atoms with van der Waals surface area (Å²) < 4.78 is 1.44. The topological polar surface area (TPSA) is 80.6 Å². The van der Waals surface area contributed by atoms with Gasteiger partial charge >= 0.3 is 5.97 Å². The lowest BCUT2D eigenvalue weighted by Gasteiger charge is -1.97. The SMILES string of the molecule is Nc1cccn2c(C(=O)O)ncc12. The van der Waals surface area contributed by atoms with Gasteiger partial charge in [-0.05, 0) is 12.1 Å². The van der Waals surface area contributed by atoms with Crippen LogP contribution in [0, 0.1) is 0 Å². The summed E-state index contributed by atoms with van der Waals surface area (Å²) in [6.07, 6.45) is 3.06. The number of hydrogen-bond donors (Lipinski definition) is 2. The molecule has 13 heavy (non-hydrogen) atoms. The Bertz CT molecular complexity index is 475. The molecule has 0 fully saturated rings. The van der Waals surface area contributed by atoms with Crippen molar-refractivity contribution < 1.29 is 9.90 Å². The van der Waals surface area contributed by atoms with Crippen molar-refractivity contribution in [3.8, 4) is 0 Å². The molecule has 66 valence electrons. The number of nitrogens with two attached hydrogens (primary N) is 1. The zero-order valence-electron chi connectivity index (χ0n) is 6.64. The minimum absolute atomic E-state index is 0.0256. The molecule has 0 bridgehead atoms. The molecule has 2 rings (SSSR count). The lowest BCUT2D eigenvalue weighted by molar-refractivity contribution is 0.0683. The van der Waals surface area contributed by atoms with Gasteiger partial charge in [0, 0.05) is 6.20 Å². The third kappa shape index (κ3) is 1.01. The van der Waals surface area contributed by atoms with E-state index in [1.54, 1.807) is 18.3 Å². The Morgan fingerprint density at radius 3 is 3.08 bits per heavy atom. The molecule has 0 spiro atoms. The standard InChI is InChI=1S/C8H7N3O2/c9-5-2-1-3-11-6(5)4-10-7(11)8(12)13/h1-4H,9H2,(H,12,13). The van der Waals surface area contributed by atoms with Crippen LogP contribution >= 0.6 is 0 Å². The number of fused-ring (bicyclic) bond motifs is 1. The Kier molecular flexibility index (Phi) is 1.45. The Hall–Kier alpha value is -2.04. The van der Waals surface area contributed by atoms with E-state index in [0.717, 1.165) is 0 Å². The highest BCUT2D eigenvalue weighted by Crippen LogP contribution is 2.13. The molecule has 0 saturated heterocycles. The summed E-state index contributed by atoms with van der Waals surface area (Å²) in [6.45, 7) is 0. The number of rotatable bonds is 1. The van der Waals surface area contributed by atoms with Crippen molar-refractivity contribution in [2.45, 2.75) is 0 Å². The van der Waals surface area contributed by atoms with Gasteiger partial charge < -0.3 is 10.8 Å². The number of carboxylic acid groups (broad SMARTS) is 1. The number of carboxylic acids is 1. The highest BCUT2D eigenvalue weighted by molar-refractivity contribution is 5.86. The molecule has 0 unspecified atom stereocenters. The molecule has 5 heteroatoms. The number of imidazole rings is 1. The van der Waals surface area contributed by atoms with E-state index < -0.39 is 5.97 Å². The van der Waals surface area contributed by atoms with Crippen molar-refractivity contribution in [2.75, 3.05) is 5.73 Å². The minimum Gasteiger partial charge on any atom is -0.475 e. The van der Waals surface area contributed by atoms with Gasteiger partial charge in [0.2, 0.25) is 5.82 Å². The molecule has 0 atom stereocenters. The minimum atomic E-state index is -1.06. The second kappa shape index (κ2) is 2.48. The summed E-state index contributed by atoms with van der Waals surface area (Å²) in [5, 5.41) is 8.74. The predicted octanol–water partition coefficient (Wildman–Crippen LogP) is 0.615. The molecule has 0 aliphatic carbocycles. The number of pyridine rings is 1. The van der Waals surface area contributed by atoms with Gasteiger partial charge in [0.15, 0.2) is 0 Å². The van der Waals surface area contributed by atoms with Crippen LogP contribution in [0.15, 0.2) is 24.5 Å². The van der Waals surface area contributed by atoms with Gasteiger partial charge in [0.25, 0.3) is 0 Å². The number of anilines is 1. The van der Waals surface area contributed by atoms with Crippen molar-refractivity contribution in [2.24, 2.45) is 0 Å². The van der Waals surface area contributed by atoms with Crippen LogP contribution in [0.4, 0.5) is 5.69 Å². The van der Waals surface area contributed by atoms with Crippen LogP contribution in [0.1, 0.15) is 10.6 Å². The van der Waals surface area contributed by atoms with Crippen LogP contribution < -0.4 is 5.73 Å². The fourth-order valence-electron chi connectivity index (χ4n) is 1.20. The van der Waals surface area contributed by atoms with Gasteiger partial charge in [-0.15, -0.1) is 0 Å².